The monoisotopic (exact) mass is 380 g/mol. The quantitative estimate of drug-likeness (QED) is 0.750. The van der Waals surface area contributed by atoms with Crippen LogP contribution < -0.4 is 15.4 Å². The molecule has 1 saturated carbocycles. The van der Waals surface area contributed by atoms with Crippen molar-refractivity contribution in [3.8, 4) is 5.75 Å². The van der Waals surface area contributed by atoms with Gasteiger partial charge in [0.15, 0.2) is 0 Å². The topological polar surface area (TPSA) is 70.6 Å². The van der Waals surface area contributed by atoms with Gasteiger partial charge >= 0.3 is 0 Å². The molecule has 3 N–H and O–H groups in total. The summed E-state index contributed by atoms with van der Waals surface area (Å²) in [6, 6.07) is 6.26. The minimum atomic E-state index is -0.300. The van der Waals surface area contributed by atoms with E-state index in [1.807, 2.05) is 6.07 Å². The van der Waals surface area contributed by atoms with Crippen molar-refractivity contribution >= 4 is 18.3 Å². The van der Waals surface area contributed by atoms with E-state index in [-0.39, 0.29) is 35.9 Å². The number of aliphatic hydroxyl groups excluding tert-OH is 1. The van der Waals surface area contributed by atoms with Gasteiger partial charge in [0.1, 0.15) is 5.75 Å². The molecule has 3 aliphatic rings. The molecule has 2 fully saturated rings. The number of benzene rings is 1. The Labute approximate surface area is 161 Å². The number of carbonyl (C=O) groups is 1. The summed E-state index contributed by atoms with van der Waals surface area (Å²) < 4.78 is 5.61. The van der Waals surface area contributed by atoms with Gasteiger partial charge in [-0.1, -0.05) is 13.0 Å². The summed E-state index contributed by atoms with van der Waals surface area (Å²) in [6.45, 7) is 4.61. The van der Waals surface area contributed by atoms with Crippen LogP contribution in [0.1, 0.15) is 49.8 Å². The van der Waals surface area contributed by atoms with Crippen LogP contribution >= 0.6 is 12.4 Å². The number of carbonyl (C=O) groups excluding carboxylic acids is 1. The molecular formula is C20H29ClN2O3. The van der Waals surface area contributed by atoms with Gasteiger partial charge < -0.3 is 20.5 Å². The first-order valence-electron chi connectivity index (χ1n) is 9.50. The molecule has 1 unspecified atom stereocenters. The van der Waals surface area contributed by atoms with E-state index in [0.29, 0.717) is 5.92 Å². The van der Waals surface area contributed by atoms with Gasteiger partial charge in [-0.3, -0.25) is 4.79 Å². The Balaban J connectivity index is 0.00000196. The molecule has 1 atom stereocenters. The van der Waals surface area contributed by atoms with Gasteiger partial charge in [0.25, 0.3) is 0 Å². The molecule has 1 aromatic rings. The highest BCUT2D eigenvalue weighted by Crippen LogP contribution is 2.41. The smallest absolute Gasteiger partial charge is 0.226 e. The van der Waals surface area contributed by atoms with Crippen LogP contribution in [-0.2, 0) is 11.2 Å². The lowest BCUT2D eigenvalue weighted by Crippen LogP contribution is -2.49. The first kappa shape index (κ1) is 19.5. The van der Waals surface area contributed by atoms with Gasteiger partial charge in [0.2, 0.25) is 5.91 Å². The van der Waals surface area contributed by atoms with Crippen molar-refractivity contribution in [2.24, 2.45) is 11.3 Å². The van der Waals surface area contributed by atoms with Gasteiger partial charge in [-0.15, -0.1) is 12.4 Å². The normalized spacial score (nSPS) is 27.3. The lowest BCUT2D eigenvalue weighted by Gasteiger charge is -2.41. The molecular weight excluding hydrogens is 352 g/mol. The van der Waals surface area contributed by atoms with Crippen LogP contribution in [0.2, 0.25) is 0 Å². The van der Waals surface area contributed by atoms with E-state index in [9.17, 15) is 9.90 Å². The first-order chi connectivity index (χ1) is 12.0. The van der Waals surface area contributed by atoms with Crippen LogP contribution in [-0.4, -0.2) is 36.8 Å². The Hall–Kier alpha value is -1.30. The van der Waals surface area contributed by atoms with E-state index >= 15 is 0 Å². The van der Waals surface area contributed by atoms with E-state index in [2.05, 4.69) is 29.7 Å². The lowest BCUT2D eigenvalue weighted by atomic mass is 9.73. The highest BCUT2D eigenvalue weighted by atomic mass is 35.5. The molecule has 1 aromatic carbocycles. The number of ether oxygens (including phenoxy) is 1. The van der Waals surface area contributed by atoms with Crippen LogP contribution in [0.4, 0.5) is 0 Å². The number of fused-ring (bicyclic) bond motifs is 1. The van der Waals surface area contributed by atoms with Crippen molar-refractivity contribution in [3.63, 3.8) is 0 Å². The SMILES string of the molecule is CC1(C(=O)NC(c2ccc3c(c2)CCO3)C2CC(O)C2)CCNCC1.Cl. The Morgan fingerprint density at radius 2 is 2.08 bits per heavy atom. The van der Waals surface area contributed by atoms with E-state index < -0.39 is 0 Å². The summed E-state index contributed by atoms with van der Waals surface area (Å²) in [5, 5.41) is 16.4. The van der Waals surface area contributed by atoms with Gasteiger partial charge in [-0.2, -0.15) is 0 Å². The van der Waals surface area contributed by atoms with Crippen LogP contribution in [0.5, 0.6) is 5.75 Å². The van der Waals surface area contributed by atoms with Crippen molar-refractivity contribution < 1.29 is 14.6 Å². The third kappa shape index (κ3) is 3.71. The number of rotatable bonds is 4. The number of hydrogen-bond acceptors (Lipinski definition) is 4. The summed E-state index contributed by atoms with van der Waals surface area (Å²) in [7, 11) is 0. The molecule has 1 aliphatic carbocycles. The third-order valence-electron chi connectivity index (χ3n) is 6.24. The second-order valence-electron chi connectivity index (χ2n) is 8.11. The van der Waals surface area contributed by atoms with Crippen molar-refractivity contribution in [3.05, 3.63) is 29.3 Å². The molecule has 4 rings (SSSR count). The second kappa shape index (κ2) is 7.75. The molecule has 0 aromatic heterocycles. The van der Waals surface area contributed by atoms with Gasteiger partial charge in [-0.25, -0.2) is 0 Å². The van der Waals surface area contributed by atoms with E-state index in [4.69, 9.17) is 4.74 Å². The van der Waals surface area contributed by atoms with E-state index in [1.165, 1.54) is 5.56 Å². The molecule has 0 radical (unpaired) electrons. The van der Waals surface area contributed by atoms with E-state index in [1.54, 1.807) is 0 Å². The lowest BCUT2D eigenvalue weighted by molar-refractivity contribution is -0.133. The predicted molar refractivity (Wildman–Crippen MR) is 103 cm³/mol. The Morgan fingerprint density at radius 1 is 1.35 bits per heavy atom. The fraction of sp³-hybridized carbons (Fsp3) is 0.650. The van der Waals surface area contributed by atoms with Crippen molar-refractivity contribution in [1.29, 1.82) is 0 Å². The number of nitrogens with one attached hydrogen (secondary N) is 2. The molecule has 2 heterocycles. The largest absolute Gasteiger partial charge is 0.493 e. The molecule has 6 heteroatoms. The molecule has 26 heavy (non-hydrogen) atoms. The molecule has 1 amide bonds. The Kier molecular flexibility index (Phi) is 5.80. The number of aliphatic hydroxyl groups is 1. The average Bonchev–Trinajstić information content (AvgIpc) is 3.05. The zero-order chi connectivity index (χ0) is 17.4. The predicted octanol–water partition coefficient (Wildman–Crippen LogP) is 2.36. The maximum Gasteiger partial charge on any atom is 0.226 e. The zero-order valence-electron chi connectivity index (χ0n) is 15.3. The molecule has 0 bridgehead atoms. The van der Waals surface area contributed by atoms with Crippen molar-refractivity contribution in [2.75, 3.05) is 19.7 Å². The fourth-order valence-electron chi connectivity index (χ4n) is 4.30. The van der Waals surface area contributed by atoms with Gasteiger partial charge in [-0.05, 0) is 68.0 Å². The minimum Gasteiger partial charge on any atom is -0.493 e. The minimum absolute atomic E-state index is 0. The standard InChI is InChI=1S/C20H28N2O3.ClH/c1-20(5-7-21-8-6-20)19(24)22-18(15-11-16(23)12-15)14-2-3-17-13(10-14)4-9-25-17;/h2-3,10,15-16,18,21,23H,4-9,11-12H2,1H3,(H,22,24);1H. The number of amides is 1. The molecule has 5 nitrogen and oxygen atoms in total. The highest BCUT2D eigenvalue weighted by Gasteiger charge is 2.40. The average molecular weight is 381 g/mol. The summed E-state index contributed by atoms with van der Waals surface area (Å²) in [5.74, 6) is 1.43. The fourth-order valence-corrected chi connectivity index (χ4v) is 4.30. The number of halogens is 1. The molecule has 0 spiro atoms. The summed E-state index contributed by atoms with van der Waals surface area (Å²) in [4.78, 5) is 13.0. The van der Waals surface area contributed by atoms with Gasteiger partial charge in [0.05, 0.1) is 18.8 Å². The first-order valence-corrected chi connectivity index (χ1v) is 9.50. The summed E-state index contributed by atoms with van der Waals surface area (Å²) in [5.41, 5.74) is 2.07. The Morgan fingerprint density at radius 3 is 2.77 bits per heavy atom. The molecule has 1 saturated heterocycles. The summed E-state index contributed by atoms with van der Waals surface area (Å²) >= 11 is 0. The maximum atomic E-state index is 13.0. The van der Waals surface area contributed by atoms with Crippen molar-refractivity contribution in [1.82, 2.24) is 10.6 Å². The Bertz CT molecular complexity index is 654. The van der Waals surface area contributed by atoms with E-state index in [0.717, 1.165) is 63.1 Å². The molecule has 144 valence electrons. The zero-order valence-corrected chi connectivity index (χ0v) is 16.1. The summed E-state index contributed by atoms with van der Waals surface area (Å²) in [6.07, 6.45) is 3.97. The second-order valence-corrected chi connectivity index (χ2v) is 8.11. The van der Waals surface area contributed by atoms with Crippen LogP contribution in [0.25, 0.3) is 0 Å². The van der Waals surface area contributed by atoms with Crippen LogP contribution in [0.15, 0.2) is 18.2 Å². The number of piperidine rings is 1. The third-order valence-corrected chi connectivity index (χ3v) is 6.24. The van der Waals surface area contributed by atoms with Crippen LogP contribution in [0, 0.1) is 11.3 Å². The number of hydrogen-bond donors (Lipinski definition) is 3. The molecule has 2 aliphatic heterocycles. The van der Waals surface area contributed by atoms with Gasteiger partial charge in [0, 0.05) is 11.8 Å². The highest BCUT2D eigenvalue weighted by molar-refractivity contribution is 5.85. The van der Waals surface area contributed by atoms with Crippen molar-refractivity contribution in [2.45, 2.75) is 51.2 Å². The van der Waals surface area contributed by atoms with Crippen LogP contribution in [0.3, 0.4) is 0 Å². The maximum absolute atomic E-state index is 13.0.